The summed E-state index contributed by atoms with van der Waals surface area (Å²) in [6, 6.07) is 9.63. The number of hydrogen-bond acceptors (Lipinski definition) is 5. The molecule has 0 bridgehead atoms. The van der Waals surface area contributed by atoms with Crippen LogP contribution in [0.15, 0.2) is 70.8 Å². The molecule has 3 aliphatic carbocycles. The van der Waals surface area contributed by atoms with Crippen LogP contribution in [0.2, 0.25) is 10.0 Å². The molecule has 0 spiro atoms. The van der Waals surface area contributed by atoms with E-state index >= 15 is 0 Å². The summed E-state index contributed by atoms with van der Waals surface area (Å²) in [5.74, 6) is -3.56. The average molecular weight is 548 g/mol. The van der Waals surface area contributed by atoms with E-state index < -0.39 is 23.7 Å². The van der Waals surface area contributed by atoms with E-state index in [4.69, 9.17) is 23.2 Å². The van der Waals surface area contributed by atoms with Crippen LogP contribution in [0.3, 0.4) is 0 Å². The molecule has 1 fully saturated rings. The summed E-state index contributed by atoms with van der Waals surface area (Å²) >= 11 is 12.9. The van der Waals surface area contributed by atoms with Crippen molar-refractivity contribution in [2.24, 2.45) is 17.8 Å². The van der Waals surface area contributed by atoms with Crippen LogP contribution in [0.4, 0.5) is 5.69 Å². The largest absolute Gasteiger partial charge is 0.508 e. The molecule has 6 nitrogen and oxygen atoms in total. The molecule has 2 aromatic carbocycles. The standard InChI is InChI=1S/C30H23Cl2NO5/c1-13-3-4-15(10-22(13)31)33-29(37)19-8-7-17-20(26(19)30(33)38)12-21-27(24(35)9-14(2)28(21)36)25(17)18-6-5-16(34)11-23(18)32/h3-7,9-11,19-20,25-26,34H,8,12H2,1-2H3. The van der Waals surface area contributed by atoms with Gasteiger partial charge in [-0.1, -0.05) is 47.0 Å². The summed E-state index contributed by atoms with van der Waals surface area (Å²) in [7, 11) is 0. The number of rotatable bonds is 2. The zero-order valence-electron chi connectivity index (χ0n) is 20.6. The summed E-state index contributed by atoms with van der Waals surface area (Å²) < 4.78 is 0. The van der Waals surface area contributed by atoms with Crippen LogP contribution < -0.4 is 4.90 Å². The van der Waals surface area contributed by atoms with Crippen molar-refractivity contribution in [3.05, 3.63) is 92.0 Å². The van der Waals surface area contributed by atoms with Crippen molar-refractivity contribution in [1.82, 2.24) is 0 Å². The number of amides is 2. The molecule has 0 radical (unpaired) electrons. The summed E-state index contributed by atoms with van der Waals surface area (Å²) in [4.78, 5) is 55.3. The first-order valence-corrected chi connectivity index (χ1v) is 13.2. The van der Waals surface area contributed by atoms with Crippen LogP contribution in [0.25, 0.3) is 0 Å². The number of nitrogens with zero attached hydrogens (tertiary/aromatic N) is 1. The predicted molar refractivity (Wildman–Crippen MR) is 143 cm³/mol. The Balaban J connectivity index is 1.49. The van der Waals surface area contributed by atoms with Gasteiger partial charge in [0.1, 0.15) is 5.75 Å². The maximum absolute atomic E-state index is 13.9. The molecule has 1 saturated heterocycles. The molecule has 2 amide bonds. The van der Waals surface area contributed by atoms with Crippen LogP contribution in [0, 0.1) is 24.7 Å². The van der Waals surface area contributed by atoms with Crippen LogP contribution in [0.1, 0.15) is 36.8 Å². The molecule has 0 saturated carbocycles. The smallest absolute Gasteiger partial charge is 0.238 e. The van der Waals surface area contributed by atoms with Crippen molar-refractivity contribution in [2.75, 3.05) is 4.90 Å². The molecular weight excluding hydrogens is 525 g/mol. The van der Waals surface area contributed by atoms with Gasteiger partial charge in [-0.3, -0.25) is 19.2 Å². The number of aromatic hydroxyl groups is 1. The number of benzene rings is 2. The molecule has 1 N–H and O–H groups in total. The number of fused-ring (bicyclic) bond motifs is 3. The minimum Gasteiger partial charge on any atom is -0.508 e. The van der Waals surface area contributed by atoms with E-state index in [2.05, 4.69) is 0 Å². The highest BCUT2D eigenvalue weighted by Crippen LogP contribution is 2.56. The van der Waals surface area contributed by atoms with E-state index in [1.165, 1.54) is 23.1 Å². The van der Waals surface area contributed by atoms with E-state index in [-0.39, 0.29) is 40.6 Å². The summed E-state index contributed by atoms with van der Waals surface area (Å²) in [6.45, 7) is 3.45. The van der Waals surface area contributed by atoms with E-state index in [9.17, 15) is 24.3 Å². The summed E-state index contributed by atoms with van der Waals surface area (Å²) in [6.07, 6.45) is 3.79. The number of ketones is 2. The molecule has 4 unspecified atom stereocenters. The molecule has 6 rings (SSSR count). The fraction of sp³-hybridized carbons (Fsp3) is 0.267. The van der Waals surface area contributed by atoms with Crippen molar-refractivity contribution >= 4 is 52.3 Å². The molecule has 4 aliphatic rings. The van der Waals surface area contributed by atoms with Gasteiger partial charge >= 0.3 is 0 Å². The van der Waals surface area contributed by atoms with Crippen molar-refractivity contribution < 1.29 is 24.3 Å². The minimum absolute atomic E-state index is 0.0243. The lowest BCUT2D eigenvalue weighted by Gasteiger charge is -2.42. The normalized spacial score (nSPS) is 26.7. The van der Waals surface area contributed by atoms with Gasteiger partial charge in [0, 0.05) is 32.7 Å². The monoisotopic (exact) mass is 547 g/mol. The third-order valence-corrected chi connectivity index (χ3v) is 9.01. The van der Waals surface area contributed by atoms with E-state index in [0.29, 0.717) is 39.4 Å². The fourth-order valence-corrected chi connectivity index (χ4v) is 6.92. The zero-order valence-corrected chi connectivity index (χ0v) is 22.1. The zero-order chi connectivity index (χ0) is 27.0. The van der Waals surface area contributed by atoms with Crippen LogP contribution in [-0.4, -0.2) is 28.5 Å². The van der Waals surface area contributed by atoms with E-state index in [1.807, 2.05) is 13.0 Å². The summed E-state index contributed by atoms with van der Waals surface area (Å²) in [5.41, 5.74) is 3.69. The van der Waals surface area contributed by atoms with Crippen molar-refractivity contribution in [3.8, 4) is 5.75 Å². The second-order valence-electron chi connectivity index (χ2n) is 10.4. The molecule has 0 aromatic heterocycles. The van der Waals surface area contributed by atoms with Gasteiger partial charge in [0.05, 0.1) is 17.5 Å². The number of imide groups is 1. The summed E-state index contributed by atoms with van der Waals surface area (Å²) in [5, 5.41) is 10.7. The molecule has 38 heavy (non-hydrogen) atoms. The number of hydrogen-bond donors (Lipinski definition) is 1. The maximum Gasteiger partial charge on any atom is 0.238 e. The Morgan fingerprint density at radius 3 is 2.39 bits per heavy atom. The Hall–Kier alpha value is -3.48. The van der Waals surface area contributed by atoms with Gasteiger partial charge in [0.2, 0.25) is 11.8 Å². The number of phenolic OH excluding ortho intramolecular Hbond substituents is 1. The lowest BCUT2D eigenvalue weighted by molar-refractivity contribution is -0.123. The van der Waals surface area contributed by atoms with Gasteiger partial charge in [-0.2, -0.15) is 0 Å². The lowest BCUT2D eigenvalue weighted by atomic mass is 9.59. The molecule has 4 atom stereocenters. The third-order valence-electron chi connectivity index (χ3n) is 8.27. The quantitative estimate of drug-likeness (QED) is 0.298. The number of carbonyl (C=O) groups is 4. The van der Waals surface area contributed by atoms with Gasteiger partial charge in [-0.25, -0.2) is 4.90 Å². The first-order chi connectivity index (χ1) is 18.1. The van der Waals surface area contributed by atoms with Crippen LogP contribution >= 0.6 is 23.2 Å². The molecule has 192 valence electrons. The maximum atomic E-state index is 13.9. The molecule has 2 aromatic rings. The first-order valence-electron chi connectivity index (χ1n) is 12.4. The van der Waals surface area contributed by atoms with Gasteiger partial charge < -0.3 is 5.11 Å². The Morgan fingerprint density at radius 1 is 0.921 bits per heavy atom. The Morgan fingerprint density at radius 2 is 1.68 bits per heavy atom. The topological polar surface area (TPSA) is 91.8 Å². The molecule has 8 heteroatoms. The van der Waals surface area contributed by atoms with E-state index in [0.717, 1.165) is 11.1 Å². The molecule has 1 aliphatic heterocycles. The predicted octanol–water partition coefficient (Wildman–Crippen LogP) is 5.64. The molecule has 1 heterocycles. The van der Waals surface area contributed by atoms with Crippen molar-refractivity contribution in [1.29, 1.82) is 0 Å². The number of anilines is 1. The Kier molecular flexibility index (Phi) is 5.74. The van der Waals surface area contributed by atoms with Crippen LogP contribution in [0.5, 0.6) is 5.75 Å². The first kappa shape index (κ1) is 24.8. The highest BCUT2D eigenvalue weighted by Gasteiger charge is 2.56. The van der Waals surface area contributed by atoms with E-state index in [1.54, 1.807) is 31.2 Å². The number of aryl methyl sites for hydroxylation is 1. The minimum atomic E-state index is -0.691. The fourth-order valence-electron chi connectivity index (χ4n) is 6.46. The second-order valence-corrected chi connectivity index (χ2v) is 11.2. The van der Waals surface area contributed by atoms with Gasteiger partial charge in [0.15, 0.2) is 11.6 Å². The third kappa shape index (κ3) is 3.54. The molecular formula is C30H23Cl2NO5. The van der Waals surface area contributed by atoms with Gasteiger partial charge in [-0.05, 0) is 74.1 Å². The lowest BCUT2D eigenvalue weighted by Crippen LogP contribution is -2.39. The van der Waals surface area contributed by atoms with Gasteiger partial charge in [0.25, 0.3) is 0 Å². The highest BCUT2D eigenvalue weighted by atomic mass is 35.5. The van der Waals surface area contributed by atoms with Crippen molar-refractivity contribution in [3.63, 3.8) is 0 Å². The Labute approximate surface area is 229 Å². The average Bonchev–Trinajstić information content (AvgIpc) is 3.13. The number of carbonyl (C=O) groups excluding carboxylic acids is 4. The highest BCUT2D eigenvalue weighted by molar-refractivity contribution is 6.33. The van der Waals surface area contributed by atoms with Crippen LogP contribution in [-0.2, 0) is 19.2 Å². The number of allylic oxidation sites excluding steroid dienone is 6. The SMILES string of the molecule is CC1=CC(=O)C2=C(CC3C(=CCC4C(=O)N(c5ccc(C)c(Cl)c5)C(=O)C43)C2c2ccc(O)cc2Cl)C1=O. The number of Topliss-reactive ketones (excluding diaryl/α,β-unsaturated/α-hetero) is 1. The van der Waals surface area contributed by atoms with Gasteiger partial charge in [-0.15, -0.1) is 0 Å². The second kappa shape index (κ2) is 8.79. The Bertz CT molecular complexity index is 1580. The number of phenols is 1. The number of halogens is 2. The van der Waals surface area contributed by atoms with Crippen molar-refractivity contribution in [2.45, 2.75) is 32.6 Å².